The number of amidine groups is 1. The number of benzene rings is 2. The summed E-state index contributed by atoms with van der Waals surface area (Å²) in [7, 11) is 0. The van der Waals surface area contributed by atoms with E-state index in [0.717, 1.165) is 12.1 Å². The van der Waals surface area contributed by atoms with Gasteiger partial charge in [-0.3, -0.25) is 10.2 Å². The molecular weight excluding hydrogens is 379 g/mol. The molecule has 2 aliphatic heterocycles. The molecule has 2 unspecified atom stereocenters. The monoisotopic (exact) mass is 395 g/mol. The number of carbonyl (C=O) groups is 1. The van der Waals surface area contributed by atoms with Gasteiger partial charge in [-0.15, -0.1) is 0 Å². The van der Waals surface area contributed by atoms with Crippen LogP contribution in [-0.4, -0.2) is 17.8 Å². The van der Waals surface area contributed by atoms with Crippen molar-refractivity contribution >= 4 is 23.5 Å². The van der Waals surface area contributed by atoms with Gasteiger partial charge in [0.15, 0.2) is 5.78 Å². The van der Waals surface area contributed by atoms with Crippen molar-refractivity contribution < 1.29 is 18.0 Å². The number of halogens is 3. The van der Waals surface area contributed by atoms with Crippen LogP contribution in [0.25, 0.3) is 5.70 Å². The molecule has 0 saturated heterocycles. The van der Waals surface area contributed by atoms with Gasteiger partial charge in [0.1, 0.15) is 5.84 Å². The van der Waals surface area contributed by atoms with Crippen LogP contribution in [0.4, 0.5) is 13.2 Å². The largest absolute Gasteiger partial charge is 0.416 e. The Morgan fingerprint density at radius 3 is 2.59 bits per heavy atom. The van der Waals surface area contributed by atoms with Crippen molar-refractivity contribution in [3.8, 4) is 0 Å². The molecule has 3 aliphatic rings. The topological polar surface area (TPSA) is 53.8 Å². The lowest BCUT2D eigenvalue weighted by molar-refractivity contribution is -0.137. The zero-order chi connectivity index (χ0) is 20.4. The standard InChI is InChI=1S/C22H16F3N3O/c1-2-21(12-6-5-7-13(10-12)22(23,24)25)16-11-26-28-20(16)27-18-14-8-3-4-9-15(14)19(29)17(18)21/h3-11,16H,2H2,1H3,(H,27,28). The number of rotatable bonds is 2. The summed E-state index contributed by atoms with van der Waals surface area (Å²) in [5.74, 6) is -0.0709. The van der Waals surface area contributed by atoms with Gasteiger partial charge in [-0.05, 0) is 18.1 Å². The second-order valence-electron chi connectivity index (χ2n) is 7.37. The van der Waals surface area contributed by atoms with E-state index in [1.807, 2.05) is 19.1 Å². The molecule has 0 saturated carbocycles. The van der Waals surface area contributed by atoms with Crippen LogP contribution in [0.5, 0.6) is 0 Å². The maximum Gasteiger partial charge on any atom is 0.416 e. The van der Waals surface area contributed by atoms with Crippen molar-refractivity contribution in [2.24, 2.45) is 16.0 Å². The predicted octanol–water partition coefficient (Wildman–Crippen LogP) is 4.58. The van der Waals surface area contributed by atoms with E-state index in [1.165, 1.54) is 6.07 Å². The Kier molecular flexibility index (Phi) is 3.62. The Labute approximate surface area is 164 Å². The predicted molar refractivity (Wildman–Crippen MR) is 104 cm³/mol. The smallest absolute Gasteiger partial charge is 0.289 e. The number of nitrogens with zero attached hydrogens (tertiary/aromatic N) is 2. The van der Waals surface area contributed by atoms with E-state index >= 15 is 0 Å². The van der Waals surface area contributed by atoms with Crippen LogP contribution < -0.4 is 5.43 Å². The van der Waals surface area contributed by atoms with Gasteiger partial charge >= 0.3 is 6.18 Å². The van der Waals surface area contributed by atoms with E-state index in [4.69, 9.17) is 0 Å². The molecule has 1 aliphatic carbocycles. The van der Waals surface area contributed by atoms with Gasteiger partial charge in [0, 0.05) is 28.3 Å². The second kappa shape index (κ2) is 5.89. The molecule has 0 aromatic heterocycles. The lowest BCUT2D eigenvalue weighted by atomic mass is 9.61. The number of hydrogen-bond acceptors (Lipinski definition) is 4. The van der Waals surface area contributed by atoms with Crippen LogP contribution in [-0.2, 0) is 11.6 Å². The minimum atomic E-state index is -4.47. The summed E-state index contributed by atoms with van der Waals surface area (Å²) >= 11 is 0. The first-order chi connectivity index (χ1) is 13.9. The molecule has 2 aromatic carbocycles. The SMILES string of the molecule is CCC1(c2cccc(C(F)(F)F)c2)C2=C(N=C3NN=CC31)c1ccccc1C2=O. The third-order valence-electron chi connectivity index (χ3n) is 6.06. The highest BCUT2D eigenvalue weighted by Gasteiger charge is 2.54. The van der Waals surface area contributed by atoms with E-state index in [1.54, 1.807) is 24.4 Å². The molecule has 5 rings (SSSR count). The van der Waals surface area contributed by atoms with Crippen molar-refractivity contribution in [3.63, 3.8) is 0 Å². The molecule has 2 heterocycles. The summed E-state index contributed by atoms with van der Waals surface area (Å²) in [4.78, 5) is 18.1. The minimum absolute atomic E-state index is 0.182. The van der Waals surface area contributed by atoms with Crippen molar-refractivity contribution in [2.45, 2.75) is 24.9 Å². The number of fused-ring (bicyclic) bond motifs is 3. The fraction of sp³-hybridized carbons (Fsp3) is 0.227. The van der Waals surface area contributed by atoms with E-state index in [9.17, 15) is 18.0 Å². The Hall–Kier alpha value is -3.22. The summed E-state index contributed by atoms with van der Waals surface area (Å²) in [6.45, 7) is 1.89. The molecule has 0 radical (unpaired) electrons. The number of Topliss-reactive ketones (excluding diaryl/α,β-unsaturated/α-hetero) is 1. The fourth-order valence-electron chi connectivity index (χ4n) is 4.74. The second-order valence-corrected chi connectivity index (χ2v) is 7.37. The van der Waals surface area contributed by atoms with Gasteiger partial charge in [-0.25, -0.2) is 4.99 Å². The summed E-state index contributed by atoms with van der Waals surface area (Å²) < 4.78 is 40.4. The first kappa shape index (κ1) is 17.8. The van der Waals surface area contributed by atoms with E-state index in [2.05, 4.69) is 15.5 Å². The summed E-state index contributed by atoms with van der Waals surface area (Å²) in [6, 6.07) is 12.4. The van der Waals surface area contributed by atoms with Crippen molar-refractivity contribution in [1.82, 2.24) is 5.43 Å². The Balaban J connectivity index is 1.81. The molecule has 0 fully saturated rings. The Morgan fingerprint density at radius 1 is 1.10 bits per heavy atom. The Morgan fingerprint density at radius 2 is 1.86 bits per heavy atom. The van der Waals surface area contributed by atoms with Crippen molar-refractivity contribution in [2.75, 3.05) is 0 Å². The minimum Gasteiger partial charge on any atom is -0.289 e. The number of ketones is 1. The number of aliphatic imine (C=N–C) groups is 1. The summed E-state index contributed by atoms with van der Waals surface area (Å²) in [5, 5.41) is 4.11. The molecule has 0 spiro atoms. The highest BCUT2D eigenvalue weighted by atomic mass is 19.4. The fourth-order valence-corrected chi connectivity index (χ4v) is 4.74. The van der Waals surface area contributed by atoms with Crippen LogP contribution in [0.2, 0.25) is 0 Å². The van der Waals surface area contributed by atoms with E-state index < -0.39 is 23.1 Å². The average molecular weight is 395 g/mol. The number of hydrogen-bond donors (Lipinski definition) is 1. The molecule has 0 bridgehead atoms. The average Bonchev–Trinajstić information content (AvgIpc) is 3.30. The van der Waals surface area contributed by atoms with Gasteiger partial charge in [-0.1, -0.05) is 49.4 Å². The molecule has 2 atom stereocenters. The maximum atomic E-state index is 13.5. The number of carbonyl (C=O) groups excluding carboxylic acids is 1. The highest BCUT2D eigenvalue weighted by Crippen LogP contribution is 2.53. The number of nitrogens with one attached hydrogen (secondary N) is 1. The van der Waals surface area contributed by atoms with Crippen LogP contribution >= 0.6 is 0 Å². The van der Waals surface area contributed by atoms with Gasteiger partial charge < -0.3 is 0 Å². The first-order valence-electron chi connectivity index (χ1n) is 9.32. The van der Waals surface area contributed by atoms with Gasteiger partial charge in [0.05, 0.1) is 17.2 Å². The number of allylic oxidation sites excluding steroid dienone is 1. The van der Waals surface area contributed by atoms with Gasteiger partial charge in [-0.2, -0.15) is 18.3 Å². The van der Waals surface area contributed by atoms with Crippen LogP contribution in [0.15, 0.2) is 64.2 Å². The molecule has 2 aromatic rings. The van der Waals surface area contributed by atoms with Crippen LogP contribution in [0.1, 0.15) is 40.4 Å². The van der Waals surface area contributed by atoms with E-state index in [0.29, 0.717) is 40.2 Å². The normalized spacial score (nSPS) is 24.8. The number of alkyl halides is 3. The first-order valence-corrected chi connectivity index (χ1v) is 9.32. The zero-order valence-electron chi connectivity index (χ0n) is 15.4. The molecule has 7 heteroatoms. The quantitative estimate of drug-likeness (QED) is 0.809. The molecule has 29 heavy (non-hydrogen) atoms. The van der Waals surface area contributed by atoms with E-state index in [-0.39, 0.29) is 5.78 Å². The molecule has 4 nitrogen and oxygen atoms in total. The lowest BCUT2D eigenvalue weighted by Crippen LogP contribution is -2.46. The zero-order valence-corrected chi connectivity index (χ0v) is 15.4. The van der Waals surface area contributed by atoms with Crippen molar-refractivity contribution in [3.05, 3.63) is 76.4 Å². The van der Waals surface area contributed by atoms with Crippen molar-refractivity contribution in [1.29, 1.82) is 0 Å². The van der Waals surface area contributed by atoms with Gasteiger partial charge in [0.25, 0.3) is 0 Å². The third-order valence-corrected chi connectivity index (χ3v) is 6.06. The summed E-state index contributed by atoms with van der Waals surface area (Å²) in [5.41, 5.74) is 3.79. The summed E-state index contributed by atoms with van der Waals surface area (Å²) in [6.07, 6.45) is -2.41. The third kappa shape index (κ3) is 2.30. The molecule has 1 N–H and O–H groups in total. The highest BCUT2D eigenvalue weighted by molar-refractivity contribution is 6.25. The molecular formula is C22H16F3N3O. The van der Waals surface area contributed by atoms with Gasteiger partial charge in [0.2, 0.25) is 0 Å². The number of hydrazone groups is 1. The van der Waals surface area contributed by atoms with Crippen LogP contribution in [0.3, 0.4) is 0 Å². The maximum absolute atomic E-state index is 13.5. The molecule has 0 amide bonds. The van der Waals surface area contributed by atoms with Crippen LogP contribution in [0, 0.1) is 5.92 Å². The molecule has 146 valence electrons. The lowest BCUT2D eigenvalue weighted by Gasteiger charge is -2.41. The Bertz CT molecular complexity index is 1150.